The van der Waals surface area contributed by atoms with Crippen LogP contribution in [-0.2, 0) is 0 Å². The van der Waals surface area contributed by atoms with Crippen molar-refractivity contribution in [2.75, 3.05) is 0 Å². The van der Waals surface area contributed by atoms with Crippen molar-refractivity contribution in [3.63, 3.8) is 0 Å². The van der Waals surface area contributed by atoms with E-state index in [1.165, 1.54) is 70.0 Å². The minimum atomic E-state index is 0.650. The van der Waals surface area contributed by atoms with Crippen molar-refractivity contribution in [2.24, 2.45) is 0 Å². The van der Waals surface area contributed by atoms with E-state index >= 15 is 0 Å². The van der Waals surface area contributed by atoms with E-state index < -0.39 is 0 Å². The summed E-state index contributed by atoms with van der Waals surface area (Å²) in [6.07, 6.45) is 0. The van der Waals surface area contributed by atoms with Crippen LogP contribution in [0.1, 0.15) is 0 Å². The maximum absolute atomic E-state index is 5.21. The Morgan fingerprint density at radius 1 is 0.212 bits per heavy atom. The number of benzene rings is 10. The molecule has 3 nitrogen and oxygen atoms in total. The first-order chi connectivity index (χ1) is 25.7. The van der Waals surface area contributed by atoms with E-state index in [-0.39, 0.29) is 0 Å². The summed E-state index contributed by atoms with van der Waals surface area (Å²) in [5.41, 5.74) is 2.87. The number of rotatable bonds is 3. The minimum absolute atomic E-state index is 0.650. The fraction of sp³-hybridized carbons (Fsp3) is 0. The number of hydrogen-bond acceptors (Lipinski definition) is 3. The van der Waals surface area contributed by atoms with Gasteiger partial charge in [-0.25, -0.2) is 15.0 Å². The van der Waals surface area contributed by atoms with Gasteiger partial charge in [0.15, 0.2) is 17.5 Å². The lowest BCUT2D eigenvalue weighted by atomic mass is 9.95. The zero-order valence-corrected chi connectivity index (χ0v) is 28.1. The van der Waals surface area contributed by atoms with Crippen molar-refractivity contribution >= 4 is 75.4 Å². The number of nitrogens with zero attached hydrogens (tertiary/aromatic N) is 3. The summed E-state index contributed by atoms with van der Waals surface area (Å²) in [6, 6.07) is 63.0. The van der Waals surface area contributed by atoms with Crippen molar-refractivity contribution in [1.29, 1.82) is 0 Å². The summed E-state index contributed by atoms with van der Waals surface area (Å²) in [4.78, 5) is 15.5. The fourth-order valence-electron chi connectivity index (χ4n) is 8.01. The Balaban J connectivity index is 1.14. The molecular formula is C49H29N3. The fourth-order valence-corrected chi connectivity index (χ4v) is 8.01. The molecule has 3 heteroatoms. The summed E-state index contributed by atoms with van der Waals surface area (Å²) < 4.78 is 0. The zero-order valence-electron chi connectivity index (χ0n) is 28.1. The molecule has 11 aromatic rings. The summed E-state index contributed by atoms with van der Waals surface area (Å²) in [5, 5.41) is 17.0. The maximum Gasteiger partial charge on any atom is 0.164 e. The van der Waals surface area contributed by atoms with Gasteiger partial charge in [0.1, 0.15) is 0 Å². The van der Waals surface area contributed by atoms with Gasteiger partial charge < -0.3 is 0 Å². The van der Waals surface area contributed by atoms with E-state index in [2.05, 4.69) is 176 Å². The Kier molecular flexibility index (Phi) is 6.25. The second-order valence-corrected chi connectivity index (χ2v) is 13.6. The number of aromatic nitrogens is 3. The molecule has 240 valence electrons. The van der Waals surface area contributed by atoms with E-state index in [1.807, 2.05) is 0 Å². The van der Waals surface area contributed by atoms with Crippen LogP contribution in [0.5, 0.6) is 0 Å². The molecular weight excluding hydrogens is 631 g/mol. The Morgan fingerprint density at radius 2 is 0.538 bits per heavy atom. The molecule has 10 aromatic carbocycles. The molecule has 0 bridgehead atoms. The van der Waals surface area contributed by atoms with Crippen LogP contribution >= 0.6 is 0 Å². The molecule has 1 aromatic heterocycles. The third-order valence-corrected chi connectivity index (χ3v) is 10.6. The minimum Gasteiger partial charge on any atom is -0.208 e. The lowest BCUT2D eigenvalue weighted by Gasteiger charge is -2.12. The van der Waals surface area contributed by atoms with E-state index in [1.54, 1.807) is 0 Å². The molecule has 0 radical (unpaired) electrons. The Bertz CT molecular complexity index is 3080. The maximum atomic E-state index is 5.21. The molecule has 0 aliphatic heterocycles. The van der Waals surface area contributed by atoms with Crippen molar-refractivity contribution in [3.8, 4) is 34.2 Å². The molecule has 0 aliphatic rings. The van der Waals surface area contributed by atoms with E-state index in [0.29, 0.717) is 17.5 Å². The topological polar surface area (TPSA) is 38.7 Å². The summed E-state index contributed by atoms with van der Waals surface area (Å²) in [6.45, 7) is 0. The highest BCUT2D eigenvalue weighted by Gasteiger charge is 2.15. The highest BCUT2D eigenvalue weighted by atomic mass is 15.0. The van der Waals surface area contributed by atoms with Gasteiger partial charge in [0.05, 0.1) is 0 Å². The van der Waals surface area contributed by atoms with Crippen LogP contribution in [0.25, 0.3) is 110 Å². The van der Waals surface area contributed by atoms with E-state index in [0.717, 1.165) is 22.1 Å². The summed E-state index contributed by atoms with van der Waals surface area (Å²) in [5.74, 6) is 1.95. The van der Waals surface area contributed by atoms with Crippen LogP contribution < -0.4 is 0 Å². The highest BCUT2D eigenvalue weighted by molar-refractivity contribution is 6.19. The lowest BCUT2D eigenvalue weighted by molar-refractivity contribution is 1.08. The molecule has 0 saturated heterocycles. The van der Waals surface area contributed by atoms with Gasteiger partial charge in [-0.2, -0.15) is 0 Å². The van der Waals surface area contributed by atoms with Gasteiger partial charge >= 0.3 is 0 Å². The Labute approximate surface area is 299 Å². The van der Waals surface area contributed by atoms with Crippen LogP contribution in [0.4, 0.5) is 0 Å². The molecule has 11 rings (SSSR count). The third kappa shape index (κ3) is 4.57. The average Bonchev–Trinajstić information content (AvgIpc) is 3.22. The van der Waals surface area contributed by atoms with Crippen LogP contribution in [0, 0.1) is 0 Å². The first-order valence-electron chi connectivity index (χ1n) is 17.7. The molecule has 0 amide bonds. The molecule has 0 aliphatic carbocycles. The van der Waals surface area contributed by atoms with Crippen molar-refractivity contribution < 1.29 is 0 Å². The second-order valence-electron chi connectivity index (χ2n) is 13.6. The van der Waals surface area contributed by atoms with Gasteiger partial charge in [0.25, 0.3) is 0 Å². The average molecular weight is 660 g/mol. The van der Waals surface area contributed by atoms with E-state index in [4.69, 9.17) is 15.0 Å². The van der Waals surface area contributed by atoms with Gasteiger partial charge in [-0.3, -0.25) is 0 Å². The molecule has 52 heavy (non-hydrogen) atoms. The predicted octanol–water partition coefficient (Wildman–Crippen LogP) is 12.9. The van der Waals surface area contributed by atoms with Gasteiger partial charge in [-0.15, -0.1) is 0 Å². The van der Waals surface area contributed by atoms with Crippen molar-refractivity contribution in [3.05, 3.63) is 176 Å². The summed E-state index contributed by atoms with van der Waals surface area (Å²) >= 11 is 0. The highest BCUT2D eigenvalue weighted by Crippen LogP contribution is 2.36. The van der Waals surface area contributed by atoms with Crippen molar-refractivity contribution in [1.82, 2.24) is 15.0 Å². The van der Waals surface area contributed by atoms with Gasteiger partial charge in [0, 0.05) is 16.7 Å². The molecule has 0 fully saturated rings. The number of fused-ring (bicyclic) bond motifs is 11. The molecule has 0 spiro atoms. The first-order valence-corrected chi connectivity index (χ1v) is 17.7. The second kappa shape index (κ2) is 11.3. The predicted molar refractivity (Wildman–Crippen MR) is 219 cm³/mol. The SMILES string of the molecule is c1ccc2cc(-c3nc(-c4ccc5ccc6c7ccccc7ccc6c5c4)nc(-c4ccc5ccc6c7ccccc7ccc6c5c4)n3)ccc2c1. The Hall–Kier alpha value is -6.97. The molecule has 0 atom stereocenters. The van der Waals surface area contributed by atoms with E-state index in [9.17, 15) is 0 Å². The standard InChI is InChI=1S/C49H29N3/c1-2-10-35-27-36(16-13-30(35)7-1)47-50-48(37-17-14-33-21-23-41-39-11-5-3-8-31(39)19-25-43(41)45(33)28-37)52-49(51-47)38-18-15-34-22-24-42-40-12-6-4-9-32(40)20-26-44(42)46(34)29-38/h1-29H. The van der Waals surface area contributed by atoms with Crippen LogP contribution in [0.15, 0.2) is 176 Å². The number of hydrogen-bond donors (Lipinski definition) is 0. The smallest absolute Gasteiger partial charge is 0.164 e. The van der Waals surface area contributed by atoms with Gasteiger partial charge in [0.2, 0.25) is 0 Å². The quantitative estimate of drug-likeness (QED) is 0.177. The lowest BCUT2D eigenvalue weighted by Crippen LogP contribution is -2.00. The van der Waals surface area contributed by atoms with Crippen LogP contribution in [-0.4, -0.2) is 15.0 Å². The normalized spacial score (nSPS) is 11.8. The van der Waals surface area contributed by atoms with Crippen LogP contribution in [0.2, 0.25) is 0 Å². The first kappa shape index (κ1) is 28.8. The molecule has 0 unspecified atom stereocenters. The zero-order chi connectivity index (χ0) is 34.2. The summed E-state index contributed by atoms with van der Waals surface area (Å²) in [7, 11) is 0. The molecule has 1 heterocycles. The van der Waals surface area contributed by atoms with Gasteiger partial charge in [-0.05, 0) is 93.6 Å². The molecule has 0 saturated carbocycles. The van der Waals surface area contributed by atoms with Crippen molar-refractivity contribution in [2.45, 2.75) is 0 Å². The largest absolute Gasteiger partial charge is 0.208 e. The monoisotopic (exact) mass is 659 g/mol. The Morgan fingerprint density at radius 3 is 1.02 bits per heavy atom. The van der Waals surface area contributed by atoms with Gasteiger partial charge in [-0.1, -0.05) is 158 Å². The third-order valence-electron chi connectivity index (χ3n) is 10.6. The van der Waals surface area contributed by atoms with Crippen LogP contribution in [0.3, 0.4) is 0 Å². The molecule has 0 N–H and O–H groups in total.